The quantitative estimate of drug-likeness (QED) is 0.700. The molecule has 0 bridgehead atoms. The van der Waals surface area contributed by atoms with Crippen LogP contribution in [0.4, 0.5) is 18.9 Å². The molecule has 3 rings (SSSR count). The summed E-state index contributed by atoms with van der Waals surface area (Å²) in [7, 11) is 0. The first kappa shape index (κ1) is 13.3. The molecule has 0 atom stereocenters. The van der Waals surface area contributed by atoms with E-state index in [1.807, 2.05) is 13.0 Å². The summed E-state index contributed by atoms with van der Waals surface area (Å²) in [5, 5.41) is 3.77. The highest BCUT2D eigenvalue weighted by molar-refractivity contribution is 5.67. The number of imidazole rings is 1. The molecule has 0 radical (unpaired) electrons. The summed E-state index contributed by atoms with van der Waals surface area (Å²) >= 11 is 0. The number of aromatic nitrogens is 4. The Hall–Kier alpha value is -2.64. The van der Waals surface area contributed by atoms with Crippen molar-refractivity contribution in [3.8, 4) is 11.3 Å². The van der Waals surface area contributed by atoms with Crippen molar-refractivity contribution < 1.29 is 13.2 Å². The molecule has 8 heteroatoms. The molecule has 2 heterocycles. The summed E-state index contributed by atoms with van der Waals surface area (Å²) in [6.07, 6.45) is -2.45. The minimum atomic E-state index is -4.55. The second kappa shape index (κ2) is 4.44. The largest absolute Gasteiger partial charge is 0.435 e. The van der Waals surface area contributed by atoms with E-state index in [9.17, 15) is 13.2 Å². The van der Waals surface area contributed by atoms with Crippen LogP contribution < -0.4 is 5.73 Å². The number of nitrogen functional groups attached to an aromatic ring is 1. The number of benzene rings is 1. The monoisotopic (exact) mass is 293 g/mol. The molecule has 2 N–H and O–H groups in total. The molecule has 0 spiro atoms. The van der Waals surface area contributed by atoms with Gasteiger partial charge in [-0.1, -0.05) is 12.1 Å². The molecular weight excluding hydrogens is 283 g/mol. The van der Waals surface area contributed by atoms with Crippen LogP contribution in [0.2, 0.25) is 0 Å². The first-order chi connectivity index (χ1) is 9.86. The van der Waals surface area contributed by atoms with Crippen LogP contribution in [-0.2, 0) is 6.18 Å². The van der Waals surface area contributed by atoms with Gasteiger partial charge in [0.2, 0.25) is 0 Å². The summed E-state index contributed by atoms with van der Waals surface area (Å²) in [6.45, 7) is 1.86. The van der Waals surface area contributed by atoms with Gasteiger partial charge in [-0.3, -0.25) is 0 Å². The number of halogens is 3. The molecule has 0 saturated carbocycles. The van der Waals surface area contributed by atoms with Crippen LogP contribution in [0.25, 0.3) is 17.0 Å². The Balaban J connectivity index is 2.14. The van der Waals surface area contributed by atoms with Crippen molar-refractivity contribution >= 4 is 11.5 Å². The lowest BCUT2D eigenvalue weighted by atomic mass is 10.1. The molecule has 21 heavy (non-hydrogen) atoms. The van der Waals surface area contributed by atoms with Gasteiger partial charge in [-0.15, -0.1) is 0 Å². The van der Waals surface area contributed by atoms with Crippen LogP contribution in [0.5, 0.6) is 0 Å². The van der Waals surface area contributed by atoms with Gasteiger partial charge in [0, 0.05) is 11.3 Å². The maximum Gasteiger partial charge on any atom is 0.435 e. The van der Waals surface area contributed by atoms with Crippen LogP contribution in [0.1, 0.15) is 11.3 Å². The van der Waals surface area contributed by atoms with Gasteiger partial charge in [-0.25, -0.2) is 9.97 Å². The second-order valence-corrected chi connectivity index (χ2v) is 4.57. The van der Waals surface area contributed by atoms with Gasteiger partial charge in [-0.2, -0.15) is 22.8 Å². The van der Waals surface area contributed by atoms with Gasteiger partial charge in [-0.05, 0) is 18.6 Å². The smallest absolute Gasteiger partial charge is 0.398 e. The van der Waals surface area contributed by atoms with E-state index in [4.69, 9.17) is 5.73 Å². The van der Waals surface area contributed by atoms with Crippen molar-refractivity contribution in [1.82, 2.24) is 19.6 Å². The molecule has 0 fully saturated rings. The van der Waals surface area contributed by atoms with Crippen molar-refractivity contribution in [2.75, 3.05) is 5.73 Å². The standard InChI is InChI=1S/C13H10F3N5/c1-7-2-3-8(4-9(7)17)10-5-18-12-20-11(13(14,15)16)6-19-21(10)12/h2-6H,17H2,1H3. The Morgan fingerprint density at radius 1 is 1.19 bits per heavy atom. The van der Waals surface area contributed by atoms with E-state index >= 15 is 0 Å². The summed E-state index contributed by atoms with van der Waals surface area (Å²) < 4.78 is 39.0. The van der Waals surface area contributed by atoms with E-state index in [1.54, 1.807) is 12.1 Å². The van der Waals surface area contributed by atoms with Crippen LogP contribution in [0, 0.1) is 6.92 Å². The fourth-order valence-corrected chi connectivity index (χ4v) is 1.91. The van der Waals surface area contributed by atoms with E-state index < -0.39 is 11.9 Å². The van der Waals surface area contributed by atoms with E-state index in [0.29, 0.717) is 23.1 Å². The Morgan fingerprint density at radius 3 is 2.62 bits per heavy atom. The number of aryl methyl sites for hydroxylation is 1. The molecule has 0 aliphatic heterocycles. The van der Waals surface area contributed by atoms with E-state index in [0.717, 1.165) is 5.56 Å². The van der Waals surface area contributed by atoms with Gasteiger partial charge >= 0.3 is 6.18 Å². The van der Waals surface area contributed by atoms with Crippen molar-refractivity contribution in [1.29, 1.82) is 0 Å². The van der Waals surface area contributed by atoms with Crippen LogP contribution in [-0.4, -0.2) is 19.6 Å². The fourth-order valence-electron chi connectivity index (χ4n) is 1.91. The zero-order valence-corrected chi connectivity index (χ0v) is 10.9. The molecule has 0 amide bonds. The zero-order chi connectivity index (χ0) is 15.2. The van der Waals surface area contributed by atoms with Gasteiger partial charge in [0.25, 0.3) is 5.78 Å². The Labute approximate surface area is 117 Å². The third kappa shape index (κ3) is 2.28. The van der Waals surface area contributed by atoms with E-state index in [2.05, 4.69) is 15.1 Å². The Bertz CT molecular complexity index is 822. The number of fused-ring (bicyclic) bond motifs is 1. The summed E-state index contributed by atoms with van der Waals surface area (Å²) in [5.41, 5.74) is 7.50. The number of alkyl halides is 3. The normalized spacial score (nSPS) is 12.0. The second-order valence-electron chi connectivity index (χ2n) is 4.57. The van der Waals surface area contributed by atoms with Gasteiger partial charge < -0.3 is 5.73 Å². The molecule has 2 aromatic heterocycles. The number of rotatable bonds is 1. The van der Waals surface area contributed by atoms with Crippen molar-refractivity contribution in [2.45, 2.75) is 13.1 Å². The third-order valence-electron chi connectivity index (χ3n) is 3.10. The fraction of sp³-hybridized carbons (Fsp3) is 0.154. The predicted molar refractivity (Wildman–Crippen MR) is 70.4 cm³/mol. The van der Waals surface area contributed by atoms with E-state index in [-0.39, 0.29) is 5.78 Å². The first-order valence-corrected chi connectivity index (χ1v) is 6.01. The number of hydrogen-bond acceptors (Lipinski definition) is 4. The summed E-state index contributed by atoms with van der Waals surface area (Å²) in [5.74, 6) is -0.112. The SMILES string of the molecule is Cc1ccc(-c2cnc3nc(C(F)(F)F)cnn23)cc1N. The highest BCUT2D eigenvalue weighted by atomic mass is 19.4. The lowest BCUT2D eigenvalue weighted by Gasteiger charge is -2.06. The van der Waals surface area contributed by atoms with Crippen molar-refractivity contribution in [2.24, 2.45) is 0 Å². The van der Waals surface area contributed by atoms with E-state index in [1.165, 1.54) is 10.7 Å². The first-order valence-electron chi connectivity index (χ1n) is 6.01. The Morgan fingerprint density at radius 2 is 1.95 bits per heavy atom. The van der Waals surface area contributed by atoms with Crippen LogP contribution >= 0.6 is 0 Å². The molecule has 0 aliphatic carbocycles. The highest BCUT2D eigenvalue weighted by Gasteiger charge is 2.33. The zero-order valence-electron chi connectivity index (χ0n) is 10.9. The third-order valence-corrected chi connectivity index (χ3v) is 3.10. The molecule has 1 aromatic carbocycles. The molecule has 108 valence electrons. The summed E-state index contributed by atoms with van der Waals surface area (Å²) in [4.78, 5) is 7.34. The summed E-state index contributed by atoms with van der Waals surface area (Å²) in [6, 6.07) is 5.34. The van der Waals surface area contributed by atoms with Gasteiger partial charge in [0.1, 0.15) is 0 Å². The maximum absolute atomic E-state index is 12.6. The topological polar surface area (TPSA) is 69.1 Å². The lowest BCUT2D eigenvalue weighted by molar-refractivity contribution is -0.141. The molecule has 5 nitrogen and oxygen atoms in total. The van der Waals surface area contributed by atoms with Crippen molar-refractivity contribution in [3.05, 3.63) is 41.9 Å². The van der Waals surface area contributed by atoms with Gasteiger partial charge in [0.05, 0.1) is 18.1 Å². The van der Waals surface area contributed by atoms with Gasteiger partial charge in [0.15, 0.2) is 5.69 Å². The predicted octanol–water partition coefficient (Wildman–Crippen LogP) is 2.70. The molecule has 0 saturated heterocycles. The lowest BCUT2D eigenvalue weighted by Crippen LogP contribution is -2.11. The molecule has 3 aromatic rings. The average Bonchev–Trinajstić information content (AvgIpc) is 2.84. The number of nitrogens with zero attached hydrogens (tertiary/aromatic N) is 4. The average molecular weight is 293 g/mol. The minimum Gasteiger partial charge on any atom is -0.398 e. The maximum atomic E-state index is 12.6. The number of hydrogen-bond donors (Lipinski definition) is 1. The van der Waals surface area contributed by atoms with Crippen LogP contribution in [0.3, 0.4) is 0 Å². The highest BCUT2D eigenvalue weighted by Crippen LogP contribution is 2.28. The molecule has 0 unspecified atom stereocenters. The minimum absolute atomic E-state index is 0.112. The Kier molecular flexibility index (Phi) is 2.82. The number of nitrogens with two attached hydrogens (primary N) is 1. The van der Waals surface area contributed by atoms with Crippen molar-refractivity contribution in [3.63, 3.8) is 0 Å². The molecular formula is C13H10F3N5. The van der Waals surface area contributed by atoms with Crippen LogP contribution in [0.15, 0.2) is 30.6 Å². The molecule has 0 aliphatic rings. The number of anilines is 1.